The van der Waals surface area contributed by atoms with Crippen molar-refractivity contribution in [3.05, 3.63) is 52.8 Å². The normalized spacial score (nSPS) is 14.5. The summed E-state index contributed by atoms with van der Waals surface area (Å²) in [5.41, 5.74) is 5.79. The fraction of sp³-hybridized carbons (Fsp3) is 0.400. The van der Waals surface area contributed by atoms with Gasteiger partial charge in [-0.2, -0.15) is 0 Å². The van der Waals surface area contributed by atoms with Crippen molar-refractivity contribution in [3.63, 3.8) is 0 Å². The highest BCUT2D eigenvalue weighted by Crippen LogP contribution is 2.23. The van der Waals surface area contributed by atoms with E-state index in [-0.39, 0.29) is 5.91 Å². The van der Waals surface area contributed by atoms with Gasteiger partial charge in [0.05, 0.1) is 11.9 Å². The van der Waals surface area contributed by atoms with E-state index in [2.05, 4.69) is 34.3 Å². The Morgan fingerprint density at radius 3 is 2.29 bits per heavy atom. The van der Waals surface area contributed by atoms with E-state index in [1.54, 1.807) is 0 Å². The molecule has 0 aliphatic carbocycles. The second-order valence-electron chi connectivity index (χ2n) is 6.68. The average molecular weight is 323 g/mol. The number of carbonyl (C=O) groups is 1. The van der Waals surface area contributed by atoms with Crippen molar-refractivity contribution in [3.8, 4) is 0 Å². The largest absolute Gasteiger partial charge is 0.370 e. The molecule has 1 aromatic heterocycles. The minimum atomic E-state index is -0.157. The van der Waals surface area contributed by atoms with Gasteiger partial charge in [0.2, 0.25) is 0 Å². The first kappa shape index (κ1) is 16.5. The lowest BCUT2D eigenvalue weighted by atomic mass is 10.0. The van der Waals surface area contributed by atoms with E-state index in [4.69, 9.17) is 0 Å². The molecule has 0 saturated carbocycles. The highest BCUT2D eigenvalue weighted by molar-refractivity contribution is 6.03. The number of rotatable bonds is 3. The fourth-order valence-electron chi connectivity index (χ4n) is 3.41. The van der Waals surface area contributed by atoms with Crippen LogP contribution in [-0.4, -0.2) is 24.0 Å². The molecule has 0 radical (unpaired) electrons. The summed E-state index contributed by atoms with van der Waals surface area (Å²) in [6, 6.07) is 7.98. The highest BCUT2D eigenvalue weighted by atomic mass is 16.1. The first-order valence-electron chi connectivity index (χ1n) is 8.65. The number of nitrogens with zero attached hydrogens (tertiary/aromatic N) is 2. The van der Waals surface area contributed by atoms with Crippen molar-refractivity contribution in [2.24, 2.45) is 0 Å². The summed E-state index contributed by atoms with van der Waals surface area (Å²) in [4.78, 5) is 19.2. The van der Waals surface area contributed by atoms with Gasteiger partial charge in [0.1, 0.15) is 5.69 Å². The van der Waals surface area contributed by atoms with E-state index in [9.17, 15) is 4.79 Å². The number of hydrogen-bond donors (Lipinski definition) is 1. The molecule has 1 aliphatic rings. The monoisotopic (exact) mass is 323 g/mol. The Bertz CT molecular complexity index is 708. The summed E-state index contributed by atoms with van der Waals surface area (Å²) >= 11 is 0. The minimum absolute atomic E-state index is 0.157. The maximum absolute atomic E-state index is 12.5. The molecule has 2 heterocycles. The molecule has 1 fully saturated rings. The highest BCUT2D eigenvalue weighted by Gasteiger charge is 2.14. The van der Waals surface area contributed by atoms with Crippen LogP contribution in [0.5, 0.6) is 0 Å². The van der Waals surface area contributed by atoms with E-state index in [1.165, 1.54) is 24.8 Å². The molecule has 0 bridgehead atoms. The van der Waals surface area contributed by atoms with Crippen molar-refractivity contribution in [1.82, 2.24) is 4.98 Å². The standard InChI is InChI=1S/C20H25N3O/c1-14-11-15(2)19(16(3)12-14)22-20(24)18-8-7-17(13-21-18)23-9-5-4-6-10-23/h7-8,11-13H,4-6,9-10H2,1-3H3,(H,22,24). The number of amides is 1. The number of carbonyl (C=O) groups excluding carboxylic acids is 1. The van der Waals surface area contributed by atoms with Gasteiger partial charge in [-0.1, -0.05) is 17.7 Å². The summed E-state index contributed by atoms with van der Waals surface area (Å²) in [7, 11) is 0. The second kappa shape index (κ2) is 7.04. The van der Waals surface area contributed by atoms with Gasteiger partial charge >= 0.3 is 0 Å². The molecular formula is C20H25N3O. The first-order chi connectivity index (χ1) is 11.5. The lowest BCUT2D eigenvalue weighted by Crippen LogP contribution is -2.29. The Balaban J connectivity index is 1.73. The number of piperidine rings is 1. The van der Waals surface area contributed by atoms with Crippen molar-refractivity contribution in [2.45, 2.75) is 40.0 Å². The molecule has 4 heteroatoms. The molecule has 1 N–H and O–H groups in total. The molecule has 24 heavy (non-hydrogen) atoms. The van der Waals surface area contributed by atoms with Crippen LogP contribution in [0.15, 0.2) is 30.5 Å². The van der Waals surface area contributed by atoms with Crippen LogP contribution < -0.4 is 10.2 Å². The number of anilines is 2. The third-order valence-electron chi connectivity index (χ3n) is 4.62. The van der Waals surface area contributed by atoms with Crippen LogP contribution in [0.1, 0.15) is 46.4 Å². The summed E-state index contributed by atoms with van der Waals surface area (Å²) in [6.07, 6.45) is 5.58. The molecule has 1 aromatic carbocycles. The van der Waals surface area contributed by atoms with Gasteiger partial charge in [-0.25, -0.2) is 4.98 Å². The van der Waals surface area contributed by atoms with E-state index in [0.29, 0.717) is 5.69 Å². The van der Waals surface area contributed by atoms with E-state index in [0.717, 1.165) is 35.6 Å². The number of aryl methyl sites for hydroxylation is 3. The molecular weight excluding hydrogens is 298 g/mol. The van der Waals surface area contributed by atoms with Crippen molar-refractivity contribution < 1.29 is 4.79 Å². The van der Waals surface area contributed by atoms with Gasteiger partial charge in [-0.3, -0.25) is 4.79 Å². The van der Waals surface area contributed by atoms with Gasteiger partial charge in [0.15, 0.2) is 0 Å². The van der Waals surface area contributed by atoms with Crippen molar-refractivity contribution in [2.75, 3.05) is 23.3 Å². The van der Waals surface area contributed by atoms with Crippen LogP contribution >= 0.6 is 0 Å². The quantitative estimate of drug-likeness (QED) is 0.918. The van der Waals surface area contributed by atoms with Gasteiger partial charge in [0.25, 0.3) is 5.91 Å². The number of pyridine rings is 1. The number of aromatic nitrogens is 1. The summed E-state index contributed by atoms with van der Waals surface area (Å²) < 4.78 is 0. The summed E-state index contributed by atoms with van der Waals surface area (Å²) in [5.74, 6) is -0.157. The molecule has 3 rings (SSSR count). The van der Waals surface area contributed by atoms with Crippen LogP contribution in [0.4, 0.5) is 11.4 Å². The van der Waals surface area contributed by atoms with E-state index >= 15 is 0 Å². The van der Waals surface area contributed by atoms with E-state index in [1.807, 2.05) is 32.2 Å². The second-order valence-corrected chi connectivity index (χ2v) is 6.68. The molecule has 4 nitrogen and oxygen atoms in total. The topological polar surface area (TPSA) is 45.2 Å². The van der Waals surface area contributed by atoms with Gasteiger partial charge in [-0.05, 0) is 63.3 Å². The molecule has 0 atom stereocenters. The molecule has 0 unspecified atom stereocenters. The number of benzene rings is 1. The van der Waals surface area contributed by atoms with Gasteiger partial charge < -0.3 is 10.2 Å². The minimum Gasteiger partial charge on any atom is -0.370 e. The summed E-state index contributed by atoms with van der Waals surface area (Å²) in [5, 5.41) is 3.01. The average Bonchev–Trinajstić information content (AvgIpc) is 2.59. The first-order valence-corrected chi connectivity index (χ1v) is 8.65. The Kier molecular flexibility index (Phi) is 4.84. The maximum Gasteiger partial charge on any atom is 0.274 e. The zero-order valence-corrected chi connectivity index (χ0v) is 14.7. The third kappa shape index (κ3) is 3.58. The Labute approximate surface area is 143 Å². The fourth-order valence-corrected chi connectivity index (χ4v) is 3.41. The Morgan fingerprint density at radius 1 is 1.04 bits per heavy atom. The Hall–Kier alpha value is -2.36. The number of nitrogens with one attached hydrogen (secondary N) is 1. The molecule has 1 saturated heterocycles. The van der Waals surface area contributed by atoms with Crippen molar-refractivity contribution >= 4 is 17.3 Å². The van der Waals surface area contributed by atoms with Crippen LogP contribution in [-0.2, 0) is 0 Å². The SMILES string of the molecule is Cc1cc(C)c(NC(=O)c2ccc(N3CCCCC3)cn2)c(C)c1. The molecule has 0 spiro atoms. The Morgan fingerprint density at radius 2 is 1.71 bits per heavy atom. The van der Waals surface area contributed by atoms with E-state index < -0.39 is 0 Å². The van der Waals surface area contributed by atoms with Gasteiger partial charge in [0, 0.05) is 18.8 Å². The molecule has 1 amide bonds. The zero-order valence-electron chi connectivity index (χ0n) is 14.7. The van der Waals surface area contributed by atoms with Crippen LogP contribution in [0.25, 0.3) is 0 Å². The molecule has 126 valence electrons. The van der Waals surface area contributed by atoms with Crippen LogP contribution in [0, 0.1) is 20.8 Å². The van der Waals surface area contributed by atoms with Crippen molar-refractivity contribution in [1.29, 1.82) is 0 Å². The van der Waals surface area contributed by atoms with Gasteiger partial charge in [-0.15, -0.1) is 0 Å². The number of hydrogen-bond acceptors (Lipinski definition) is 3. The maximum atomic E-state index is 12.5. The third-order valence-corrected chi connectivity index (χ3v) is 4.62. The van der Waals surface area contributed by atoms with Crippen LogP contribution in [0.2, 0.25) is 0 Å². The lowest BCUT2D eigenvalue weighted by molar-refractivity contribution is 0.102. The smallest absolute Gasteiger partial charge is 0.274 e. The zero-order chi connectivity index (χ0) is 17.1. The van der Waals surface area contributed by atoms with Crippen LogP contribution in [0.3, 0.4) is 0 Å². The molecule has 1 aliphatic heterocycles. The molecule has 2 aromatic rings. The summed E-state index contributed by atoms with van der Waals surface area (Å²) in [6.45, 7) is 8.25. The predicted molar refractivity (Wildman–Crippen MR) is 98.9 cm³/mol. The lowest BCUT2D eigenvalue weighted by Gasteiger charge is -2.28. The predicted octanol–water partition coefficient (Wildman–Crippen LogP) is 4.25.